The van der Waals surface area contributed by atoms with Crippen LogP contribution in [0.15, 0.2) is 74.6 Å². The molecule has 1 aliphatic rings. The van der Waals surface area contributed by atoms with Gasteiger partial charge in [-0.1, -0.05) is 34.1 Å². The van der Waals surface area contributed by atoms with Crippen LogP contribution in [0.5, 0.6) is 5.75 Å². The summed E-state index contributed by atoms with van der Waals surface area (Å²) < 4.78 is 54.0. The molecule has 3 heterocycles. The van der Waals surface area contributed by atoms with Gasteiger partial charge in [0.15, 0.2) is 0 Å². The molecule has 0 atom stereocenters. The molecule has 0 radical (unpaired) electrons. The number of fused-ring (bicyclic) bond motifs is 3. The summed E-state index contributed by atoms with van der Waals surface area (Å²) in [5.41, 5.74) is 0.117. The third-order valence-electron chi connectivity index (χ3n) is 5.42. The lowest BCUT2D eigenvalue weighted by molar-refractivity contribution is -0.152. The van der Waals surface area contributed by atoms with Gasteiger partial charge in [0.2, 0.25) is 11.2 Å². The summed E-state index contributed by atoms with van der Waals surface area (Å²) in [6, 6.07) is 12.8. The van der Waals surface area contributed by atoms with Crippen LogP contribution >= 0.6 is 15.9 Å². The highest BCUT2D eigenvalue weighted by molar-refractivity contribution is 9.10. The van der Waals surface area contributed by atoms with E-state index in [9.17, 15) is 18.0 Å². The van der Waals surface area contributed by atoms with Crippen LogP contribution in [0.1, 0.15) is 16.9 Å². The summed E-state index contributed by atoms with van der Waals surface area (Å²) in [7, 11) is 0. The fraction of sp³-hybridized carbons (Fsp3) is 0.167. The summed E-state index contributed by atoms with van der Waals surface area (Å²) >= 11 is 3.26. The van der Waals surface area contributed by atoms with E-state index in [1.165, 1.54) is 18.2 Å². The Labute approximate surface area is 194 Å². The summed E-state index contributed by atoms with van der Waals surface area (Å²) in [4.78, 5) is 19.3. The number of pyridine rings is 1. The van der Waals surface area contributed by atoms with Crippen LogP contribution in [0.3, 0.4) is 0 Å². The summed E-state index contributed by atoms with van der Waals surface area (Å²) in [5, 5.41) is 0.0755. The highest BCUT2D eigenvalue weighted by atomic mass is 79.9. The third-order valence-corrected chi connectivity index (χ3v) is 5.95. The Kier molecular flexibility index (Phi) is 5.46. The van der Waals surface area contributed by atoms with Crippen LogP contribution < -0.4 is 10.2 Å². The monoisotopic (exact) mass is 516 g/mol. The van der Waals surface area contributed by atoms with Gasteiger partial charge in [0, 0.05) is 30.0 Å². The Morgan fingerprint density at radius 1 is 1.09 bits per heavy atom. The van der Waals surface area contributed by atoms with E-state index in [2.05, 4.69) is 20.9 Å². The van der Waals surface area contributed by atoms with Crippen LogP contribution in [0.25, 0.3) is 22.1 Å². The van der Waals surface area contributed by atoms with Gasteiger partial charge in [0.1, 0.15) is 18.1 Å². The third kappa shape index (κ3) is 4.14. The van der Waals surface area contributed by atoms with Gasteiger partial charge < -0.3 is 9.15 Å². The minimum absolute atomic E-state index is 0.0755. The van der Waals surface area contributed by atoms with Crippen molar-refractivity contribution in [1.82, 2.24) is 9.88 Å². The number of hydrogen-bond acceptors (Lipinski definition) is 5. The number of nitrogens with zero attached hydrogens (tertiary/aromatic N) is 2. The molecule has 168 valence electrons. The number of ether oxygens (including phenoxy) is 1. The first-order valence-electron chi connectivity index (χ1n) is 10.0. The van der Waals surface area contributed by atoms with E-state index in [0.29, 0.717) is 22.3 Å². The van der Waals surface area contributed by atoms with Gasteiger partial charge in [-0.05, 0) is 41.5 Å². The highest BCUT2D eigenvalue weighted by Gasteiger charge is 2.40. The van der Waals surface area contributed by atoms with Crippen LogP contribution in [0.4, 0.5) is 13.2 Å². The second-order valence-electron chi connectivity index (χ2n) is 7.68. The number of halogens is 4. The molecule has 4 aromatic rings. The maximum Gasteiger partial charge on any atom is 0.450 e. The van der Waals surface area contributed by atoms with Gasteiger partial charge in [-0.25, -0.2) is 0 Å². The van der Waals surface area contributed by atoms with Crippen molar-refractivity contribution < 1.29 is 22.3 Å². The van der Waals surface area contributed by atoms with Gasteiger partial charge in [-0.2, -0.15) is 13.2 Å². The predicted molar refractivity (Wildman–Crippen MR) is 120 cm³/mol. The maximum absolute atomic E-state index is 14.0. The van der Waals surface area contributed by atoms with E-state index in [-0.39, 0.29) is 29.8 Å². The number of alkyl halides is 3. The van der Waals surface area contributed by atoms with Crippen molar-refractivity contribution in [3.8, 4) is 16.9 Å². The molecule has 0 unspecified atom stereocenters. The Morgan fingerprint density at radius 3 is 2.58 bits per heavy atom. The first-order chi connectivity index (χ1) is 15.8. The van der Waals surface area contributed by atoms with Gasteiger partial charge in [-0.15, -0.1) is 0 Å². The van der Waals surface area contributed by atoms with Crippen molar-refractivity contribution in [2.24, 2.45) is 0 Å². The summed E-state index contributed by atoms with van der Waals surface area (Å²) in [6.07, 6.45) is -1.48. The van der Waals surface area contributed by atoms with Crippen LogP contribution in [0.2, 0.25) is 0 Å². The molecule has 2 aromatic carbocycles. The summed E-state index contributed by atoms with van der Waals surface area (Å²) in [5.74, 6) is -0.919. The minimum Gasteiger partial charge on any atom is -0.478 e. The highest BCUT2D eigenvalue weighted by Crippen LogP contribution is 2.40. The topological polar surface area (TPSA) is 55.6 Å². The van der Waals surface area contributed by atoms with Crippen molar-refractivity contribution in [2.45, 2.75) is 19.3 Å². The first kappa shape index (κ1) is 21.7. The average molecular weight is 517 g/mol. The van der Waals surface area contributed by atoms with Crippen LogP contribution in [-0.2, 0) is 19.3 Å². The van der Waals surface area contributed by atoms with Gasteiger partial charge in [-0.3, -0.25) is 14.7 Å². The van der Waals surface area contributed by atoms with E-state index in [0.717, 1.165) is 5.56 Å². The Morgan fingerprint density at radius 2 is 1.88 bits per heavy atom. The normalized spacial score (nSPS) is 14.2. The van der Waals surface area contributed by atoms with Crippen molar-refractivity contribution in [2.75, 3.05) is 6.73 Å². The van der Waals surface area contributed by atoms with Crippen molar-refractivity contribution in [1.29, 1.82) is 0 Å². The molecule has 33 heavy (non-hydrogen) atoms. The molecule has 0 N–H and O–H groups in total. The van der Waals surface area contributed by atoms with Gasteiger partial charge in [0.25, 0.3) is 0 Å². The molecule has 0 spiro atoms. The van der Waals surface area contributed by atoms with Crippen molar-refractivity contribution in [3.63, 3.8) is 0 Å². The zero-order chi connectivity index (χ0) is 23.2. The van der Waals surface area contributed by atoms with Gasteiger partial charge in [0.05, 0.1) is 16.5 Å². The fourth-order valence-corrected chi connectivity index (χ4v) is 4.21. The molecular weight excluding hydrogens is 501 g/mol. The van der Waals surface area contributed by atoms with Crippen molar-refractivity contribution >= 4 is 26.9 Å². The Bertz CT molecular complexity index is 1390. The smallest absolute Gasteiger partial charge is 0.450 e. The zero-order valence-corrected chi connectivity index (χ0v) is 18.6. The lowest BCUT2D eigenvalue weighted by Gasteiger charge is -2.29. The number of aromatic nitrogens is 1. The predicted octanol–water partition coefficient (Wildman–Crippen LogP) is 5.99. The number of benzene rings is 2. The average Bonchev–Trinajstić information content (AvgIpc) is 2.79. The molecule has 5 rings (SSSR count). The molecule has 2 aromatic heterocycles. The largest absolute Gasteiger partial charge is 0.478 e. The molecule has 0 amide bonds. The first-order valence-corrected chi connectivity index (χ1v) is 10.8. The lowest BCUT2D eigenvalue weighted by Crippen LogP contribution is -2.32. The van der Waals surface area contributed by atoms with E-state index in [1.807, 2.05) is 17.0 Å². The zero-order valence-electron chi connectivity index (χ0n) is 17.0. The quantitative estimate of drug-likeness (QED) is 0.334. The van der Waals surface area contributed by atoms with E-state index in [1.54, 1.807) is 30.6 Å². The molecule has 0 fully saturated rings. The molecule has 5 nitrogen and oxygen atoms in total. The SMILES string of the molecule is O=c1c(-c2ccc(Br)cc2)c(C(F)(F)F)oc2c3c(ccc12)OCN(Cc1cccnc1)C3. The standard InChI is InChI=1S/C24H16BrF3N2O3/c25-16-5-3-15(4-6-16)20-21(31)17-7-8-19-18(22(17)33-23(20)24(26,27)28)12-30(13-32-19)11-14-2-1-9-29-10-14/h1-10H,11-13H2. The van der Waals surface area contributed by atoms with Gasteiger partial charge >= 0.3 is 6.18 Å². The molecule has 1 aliphatic heterocycles. The second-order valence-corrected chi connectivity index (χ2v) is 8.60. The van der Waals surface area contributed by atoms with Crippen molar-refractivity contribution in [3.05, 3.63) is 92.5 Å². The van der Waals surface area contributed by atoms with Crippen LogP contribution in [0, 0.1) is 0 Å². The molecular formula is C24H16BrF3N2O3. The minimum atomic E-state index is -4.86. The summed E-state index contributed by atoms with van der Waals surface area (Å²) in [6.45, 7) is 0.997. The maximum atomic E-state index is 14.0. The second kappa shape index (κ2) is 8.31. The lowest BCUT2D eigenvalue weighted by atomic mass is 10.00. The number of rotatable bonds is 3. The van der Waals surface area contributed by atoms with Crippen LogP contribution in [-0.4, -0.2) is 16.6 Å². The van der Waals surface area contributed by atoms with E-state index in [4.69, 9.17) is 9.15 Å². The molecule has 9 heteroatoms. The Hall–Kier alpha value is -3.17. The molecule has 0 saturated heterocycles. The fourth-order valence-electron chi connectivity index (χ4n) is 3.94. The number of hydrogen-bond donors (Lipinski definition) is 0. The molecule has 0 aliphatic carbocycles. The molecule has 0 bridgehead atoms. The Balaban J connectivity index is 1.66. The molecule has 0 saturated carbocycles. The van der Waals surface area contributed by atoms with E-state index >= 15 is 0 Å². The van der Waals surface area contributed by atoms with E-state index < -0.39 is 22.9 Å².